The molecule has 3 N–H and O–H groups in total. The largest absolute Gasteiger partial charge is 0.353 e. The topological polar surface area (TPSA) is 81.2 Å². The first kappa shape index (κ1) is 22.4. The first-order valence-corrected chi connectivity index (χ1v) is 10.0. The number of pyridine rings is 1. The van der Waals surface area contributed by atoms with Gasteiger partial charge in [-0.05, 0) is 24.1 Å². The number of nitrogens with zero attached hydrogens (tertiary/aromatic N) is 4. The minimum Gasteiger partial charge on any atom is -0.353 e. The number of hydrogen-bond donors (Lipinski definition) is 3. The highest BCUT2D eigenvalue weighted by Crippen LogP contribution is 2.25. The van der Waals surface area contributed by atoms with Crippen LogP contribution in [0.3, 0.4) is 0 Å². The second-order valence-corrected chi connectivity index (χ2v) is 7.33. The average Bonchev–Trinajstić information content (AvgIpc) is 3.42. The predicted molar refractivity (Wildman–Crippen MR) is 133 cm³/mol. The molecule has 3 heterocycles. The van der Waals surface area contributed by atoms with Crippen LogP contribution in [-0.4, -0.2) is 47.1 Å². The molecular weight excluding hydrogens is 513 g/mol. The number of benzene rings is 1. The average molecular weight is 538 g/mol. The Morgan fingerprint density at radius 2 is 2.07 bits per heavy atom. The van der Waals surface area contributed by atoms with Crippen molar-refractivity contribution in [3.8, 4) is 11.3 Å². The molecule has 1 fully saturated rings. The molecule has 1 unspecified atom stereocenters. The first-order valence-electron chi connectivity index (χ1n) is 9.65. The van der Waals surface area contributed by atoms with Gasteiger partial charge >= 0.3 is 0 Å². The summed E-state index contributed by atoms with van der Waals surface area (Å²) in [6, 6.07) is 14.2. The summed E-state index contributed by atoms with van der Waals surface area (Å²) in [4.78, 5) is 18.8. The monoisotopic (exact) mass is 537 g/mol. The Hall–Kier alpha value is -2.33. The number of hydrogen-bond acceptors (Lipinski definition) is 4. The molecule has 1 aliphatic rings. The Kier molecular flexibility index (Phi) is 7.92. The molecular formula is C21H25ClIN7. The quantitative estimate of drug-likeness (QED) is 0.263. The lowest BCUT2D eigenvalue weighted by Gasteiger charge is -2.20. The van der Waals surface area contributed by atoms with Crippen LogP contribution in [0.15, 0.2) is 59.9 Å². The smallest absolute Gasteiger partial charge is 0.191 e. The van der Waals surface area contributed by atoms with E-state index < -0.39 is 0 Å². The van der Waals surface area contributed by atoms with Crippen LogP contribution in [0, 0.1) is 0 Å². The number of aromatic nitrogens is 3. The van der Waals surface area contributed by atoms with E-state index in [1.54, 1.807) is 13.2 Å². The fraction of sp³-hybridized carbons (Fsp3) is 0.286. The Labute approximate surface area is 198 Å². The van der Waals surface area contributed by atoms with Gasteiger partial charge in [0, 0.05) is 32.4 Å². The maximum atomic E-state index is 6.28. The van der Waals surface area contributed by atoms with Crippen LogP contribution in [0.1, 0.15) is 12.2 Å². The molecule has 0 amide bonds. The van der Waals surface area contributed by atoms with Gasteiger partial charge in [0.05, 0.1) is 23.5 Å². The molecule has 9 heteroatoms. The Morgan fingerprint density at radius 3 is 2.83 bits per heavy atom. The lowest BCUT2D eigenvalue weighted by molar-refractivity contribution is 0.645. The molecule has 7 nitrogen and oxygen atoms in total. The van der Waals surface area contributed by atoms with Gasteiger partial charge in [-0.15, -0.1) is 24.0 Å². The maximum Gasteiger partial charge on any atom is 0.191 e. The van der Waals surface area contributed by atoms with Crippen LogP contribution >= 0.6 is 35.6 Å². The SMILES string of the molecule is CN=C(NCc1ncc(-c2ccccc2)[nH]1)NC1CCN(c2ncccc2Cl)C1.I. The third-order valence-electron chi connectivity index (χ3n) is 4.93. The number of aliphatic imine (C=N–C) groups is 1. The molecule has 0 bridgehead atoms. The minimum absolute atomic E-state index is 0. The van der Waals surface area contributed by atoms with Gasteiger partial charge in [0.2, 0.25) is 0 Å². The van der Waals surface area contributed by atoms with Crippen molar-refractivity contribution < 1.29 is 0 Å². The zero-order valence-electron chi connectivity index (χ0n) is 16.7. The van der Waals surface area contributed by atoms with E-state index in [2.05, 4.69) is 47.6 Å². The van der Waals surface area contributed by atoms with E-state index in [9.17, 15) is 0 Å². The second-order valence-electron chi connectivity index (χ2n) is 6.92. The van der Waals surface area contributed by atoms with Gasteiger partial charge in [-0.25, -0.2) is 9.97 Å². The predicted octanol–water partition coefficient (Wildman–Crippen LogP) is 3.69. The third kappa shape index (κ3) is 5.42. The lowest BCUT2D eigenvalue weighted by atomic mass is 10.2. The molecule has 0 spiro atoms. The molecule has 1 atom stereocenters. The van der Waals surface area contributed by atoms with Crippen LogP contribution in [0.5, 0.6) is 0 Å². The number of halogens is 2. The van der Waals surface area contributed by atoms with Gasteiger partial charge in [-0.1, -0.05) is 41.9 Å². The Bertz CT molecular complexity index is 976. The summed E-state index contributed by atoms with van der Waals surface area (Å²) in [6.45, 7) is 2.30. The zero-order valence-corrected chi connectivity index (χ0v) is 19.8. The molecule has 3 aromatic rings. The van der Waals surface area contributed by atoms with E-state index >= 15 is 0 Å². The lowest BCUT2D eigenvalue weighted by Crippen LogP contribution is -2.44. The van der Waals surface area contributed by atoms with Crippen molar-refractivity contribution in [3.63, 3.8) is 0 Å². The first-order chi connectivity index (χ1) is 14.2. The fourth-order valence-corrected chi connectivity index (χ4v) is 3.69. The number of imidazole rings is 1. The van der Waals surface area contributed by atoms with Gasteiger partial charge in [0.25, 0.3) is 0 Å². The molecule has 1 aromatic carbocycles. The highest BCUT2D eigenvalue weighted by atomic mass is 127. The molecule has 0 aliphatic carbocycles. The van der Waals surface area contributed by atoms with E-state index in [1.807, 2.05) is 36.5 Å². The molecule has 1 aliphatic heterocycles. The number of rotatable bonds is 5. The molecule has 0 radical (unpaired) electrons. The summed E-state index contributed by atoms with van der Waals surface area (Å²) in [5, 5.41) is 7.49. The van der Waals surface area contributed by atoms with Crippen molar-refractivity contribution in [1.29, 1.82) is 0 Å². The van der Waals surface area contributed by atoms with Crippen LogP contribution in [-0.2, 0) is 6.54 Å². The number of H-pyrrole nitrogens is 1. The van der Waals surface area contributed by atoms with Crippen molar-refractivity contribution in [3.05, 3.63) is 65.7 Å². The minimum atomic E-state index is 0. The molecule has 30 heavy (non-hydrogen) atoms. The number of anilines is 1. The van der Waals surface area contributed by atoms with Gasteiger partial charge in [0.15, 0.2) is 5.96 Å². The molecule has 1 saturated heterocycles. The van der Waals surface area contributed by atoms with Gasteiger partial charge in [-0.2, -0.15) is 0 Å². The fourth-order valence-electron chi connectivity index (χ4n) is 3.45. The van der Waals surface area contributed by atoms with Gasteiger partial charge in [0.1, 0.15) is 11.6 Å². The Morgan fingerprint density at radius 1 is 1.23 bits per heavy atom. The molecule has 2 aromatic heterocycles. The van der Waals surface area contributed by atoms with Gasteiger partial charge in [-0.3, -0.25) is 4.99 Å². The number of guanidine groups is 1. The molecule has 158 valence electrons. The van der Waals surface area contributed by atoms with E-state index in [-0.39, 0.29) is 30.0 Å². The maximum absolute atomic E-state index is 6.28. The summed E-state index contributed by atoms with van der Waals surface area (Å²) in [5.74, 6) is 2.45. The van der Waals surface area contributed by atoms with Crippen LogP contribution < -0.4 is 15.5 Å². The van der Waals surface area contributed by atoms with Crippen LogP contribution in [0.25, 0.3) is 11.3 Å². The highest BCUT2D eigenvalue weighted by molar-refractivity contribution is 14.0. The van der Waals surface area contributed by atoms with Crippen molar-refractivity contribution in [1.82, 2.24) is 25.6 Å². The van der Waals surface area contributed by atoms with Crippen molar-refractivity contribution in [2.75, 3.05) is 25.0 Å². The summed E-state index contributed by atoms with van der Waals surface area (Å²) >= 11 is 6.28. The third-order valence-corrected chi connectivity index (χ3v) is 5.22. The second kappa shape index (κ2) is 10.6. The number of nitrogens with one attached hydrogen (secondary N) is 3. The van der Waals surface area contributed by atoms with E-state index in [1.165, 1.54) is 0 Å². The highest BCUT2D eigenvalue weighted by Gasteiger charge is 2.25. The Balaban J connectivity index is 0.00000256. The van der Waals surface area contributed by atoms with Crippen molar-refractivity contribution >= 4 is 47.4 Å². The van der Waals surface area contributed by atoms with Crippen molar-refractivity contribution in [2.45, 2.75) is 19.0 Å². The summed E-state index contributed by atoms with van der Waals surface area (Å²) in [7, 11) is 1.77. The van der Waals surface area contributed by atoms with E-state index in [0.717, 1.165) is 48.4 Å². The summed E-state index contributed by atoms with van der Waals surface area (Å²) < 4.78 is 0. The van der Waals surface area contributed by atoms with E-state index in [4.69, 9.17) is 11.6 Å². The summed E-state index contributed by atoms with van der Waals surface area (Å²) in [5.41, 5.74) is 2.12. The summed E-state index contributed by atoms with van der Waals surface area (Å²) in [6.07, 6.45) is 4.62. The number of aromatic amines is 1. The zero-order chi connectivity index (χ0) is 20.1. The molecule has 4 rings (SSSR count). The van der Waals surface area contributed by atoms with Crippen molar-refractivity contribution in [2.24, 2.45) is 4.99 Å². The normalized spacial score (nSPS) is 16.3. The van der Waals surface area contributed by atoms with Crippen LogP contribution in [0.4, 0.5) is 5.82 Å². The van der Waals surface area contributed by atoms with E-state index in [0.29, 0.717) is 11.6 Å². The molecule has 0 saturated carbocycles. The standard InChI is InChI=1S/C21H24ClN7.HI/c1-23-21(26-13-19-25-12-18(28-19)15-6-3-2-4-7-15)27-16-9-11-29(14-16)20-17(22)8-5-10-24-20;/h2-8,10,12,16H,9,11,13-14H2,1H3,(H,25,28)(H2,23,26,27);1H. The van der Waals surface area contributed by atoms with Crippen LogP contribution in [0.2, 0.25) is 5.02 Å². The van der Waals surface area contributed by atoms with Gasteiger partial charge < -0.3 is 20.5 Å².